The van der Waals surface area contributed by atoms with E-state index >= 15 is 0 Å². The lowest BCUT2D eigenvalue weighted by atomic mass is 9.70. The van der Waals surface area contributed by atoms with E-state index in [4.69, 9.17) is 0 Å². The van der Waals surface area contributed by atoms with Crippen molar-refractivity contribution in [1.82, 2.24) is 15.1 Å². The van der Waals surface area contributed by atoms with Gasteiger partial charge in [-0.1, -0.05) is 33.6 Å². The van der Waals surface area contributed by atoms with E-state index in [-0.39, 0.29) is 0 Å². The molecule has 20 heavy (non-hydrogen) atoms. The second-order valence-corrected chi connectivity index (χ2v) is 7.76. The SMILES string of the molecule is CC1CCC(CNC(C)C)(CN(C)CCN(C)C)CC1. The van der Waals surface area contributed by atoms with E-state index < -0.39 is 0 Å². The summed E-state index contributed by atoms with van der Waals surface area (Å²) in [5, 5.41) is 3.70. The molecule has 0 spiro atoms. The van der Waals surface area contributed by atoms with Gasteiger partial charge in [0.05, 0.1) is 0 Å². The van der Waals surface area contributed by atoms with Gasteiger partial charge in [-0.3, -0.25) is 0 Å². The molecule has 1 saturated carbocycles. The van der Waals surface area contributed by atoms with Crippen molar-refractivity contribution >= 4 is 0 Å². The molecule has 0 atom stereocenters. The molecule has 3 heteroatoms. The second-order valence-electron chi connectivity index (χ2n) is 7.76. The summed E-state index contributed by atoms with van der Waals surface area (Å²) in [5.74, 6) is 0.925. The Hall–Kier alpha value is -0.120. The first-order valence-corrected chi connectivity index (χ1v) is 8.40. The van der Waals surface area contributed by atoms with E-state index in [0.717, 1.165) is 12.5 Å². The Labute approximate surface area is 127 Å². The van der Waals surface area contributed by atoms with Gasteiger partial charge < -0.3 is 15.1 Å². The lowest BCUT2D eigenvalue weighted by Gasteiger charge is -2.43. The Morgan fingerprint density at radius 1 is 1.10 bits per heavy atom. The molecule has 0 heterocycles. The van der Waals surface area contributed by atoms with E-state index in [1.54, 1.807) is 0 Å². The molecule has 0 aliphatic heterocycles. The van der Waals surface area contributed by atoms with Gasteiger partial charge in [0, 0.05) is 32.2 Å². The summed E-state index contributed by atoms with van der Waals surface area (Å²) in [6.07, 6.45) is 5.59. The van der Waals surface area contributed by atoms with Crippen LogP contribution < -0.4 is 5.32 Å². The zero-order valence-corrected chi connectivity index (χ0v) is 14.7. The number of nitrogens with one attached hydrogen (secondary N) is 1. The normalized spacial score (nSPS) is 27.8. The molecule has 1 N–H and O–H groups in total. The summed E-state index contributed by atoms with van der Waals surface area (Å²) < 4.78 is 0. The van der Waals surface area contributed by atoms with E-state index in [2.05, 4.69) is 57.0 Å². The van der Waals surface area contributed by atoms with Crippen LogP contribution in [-0.4, -0.2) is 63.2 Å². The maximum absolute atomic E-state index is 3.70. The minimum absolute atomic E-state index is 0.498. The molecule has 120 valence electrons. The van der Waals surface area contributed by atoms with Crippen LogP contribution in [0.5, 0.6) is 0 Å². The lowest BCUT2D eigenvalue weighted by molar-refractivity contribution is 0.0936. The number of hydrogen-bond donors (Lipinski definition) is 1. The Morgan fingerprint density at radius 3 is 2.20 bits per heavy atom. The molecule has 1 aliphatic rings. The zero-order valence-electron chi connectivity index (χ0n) is 14.7. The van der Waals surface area contributed by atoms with Crippen molar-refractivity contribution in [2.75, 3.05) is 47.3 Å². The standard InChI is InChI=1S/C17H37N3/c1-15(2)18-13-17(9-7-16(3)8-10-17)14-20(6)12-11-19(4)5/h15-16,18H,7-14H2,1-6H3. The van der Waals surface area contributed by atoms with Gasteiger partial charge in [0.25, 0.3) is 0 Å². The van der Waals surface area contributed by atoms with Crippen LogP contribution in [0.25, 0.3) is 0 Å². The van der Waals surface area contributed by atoms with Crippen molar-refractivity contribution in [2.45, 2.75) is 52.5 Å². The average Bonchev–Trinajstić information content (AvgIpc) is 2.37. The maximum Gasteiger partial charge on any atom is 0.0106 e. The van der Waals surface area contributed by atoms with Crippen molar-refractivity contribution in [3.05, 3.63) is 0 Å². The summed E-state index contributed by atoms with van der Waals surface area (Å²) in [7, 11) is 6.61. The number of nitrogens with zero attached hydrogens (tertiary/aromatic N) is 2. The van der Waals surface area contributed by atoms with Gasteiger partial charge in [-0.15, -0.1) is 0 Å². The van der Waals surface area contributed by atoms with Crippen molar-refractivity contribution in [2.24, 2.45) is 11.3 Å². The van der Waals surface area contributed by atoms with Crippen LogP contribution in [0, 0.1) is 11.3 Å². The fourth-order valence-electron chi connectivity index (χ4n) is 3.21. The Morgan fingerprint density at radius 2 is 1.70 bits per heavy atom. The molecule has 1 fully saturated rings. The predicted molar refractivity (Wildman–Crippen MR) is 89.3 cm³/mol. The van der Waals surface area contributed by atoms with Gasteiger partial charge in [-0.25, -0.2) is 0 Å². The van der Waals surface area contributed by atoms with E-state index in [9.17, 15) is 0 Å². The van der Waals surface area contributed by atoms with Gasteiger partial charge in [0.1, 0.15) is 0 Å². The lowest BCUT2D eigenvalue weighted by Crippen LogP contribution is -2.47. The Kier molecular flexibility index (Phi) is 7.49. The molecule has 3 nitrogen and oxygen atoms in total. The van der Waals surface area contributed by atoms with Crippen LogP contribution in [0.2, 0.25) is 0 Å². The van der Waals surface area contributed by atoms with Crippen molar-refractivity contribution < 1.29 is 0 Å². The summed E-state index contributed by atoms with van der Waals surface area (Å²) in [6, 6.07) is 0.596. The van der Waals surface area contributed by atoms with Gasteiger partial charge in [0.2, 0.25) is 0 Å². The maximum atomic E-state index is 3.70. The average molecular weight is 284 g/mol. The number of likely N-dealkylation sites (N-methyl/N-ethyl adjacent to an activating group) is 2. The molecule has 0 radical (unpaired) electrons. The van der Waals surface area contributed by atoms with Crippen LogP contribution in [-0.2, 0) is 0 Å². The fourth-order valence-corrected chi connectivity index (χ4v) is 3.21. The molecule has 1 rings (SSSR count). The predicted octanol–water partition coefficient (Wildman–Crippen LogP) is 2.67. The van der Waals surface area contributed by atoms with Gasteiger partial charge in [-0.05, 0) is 45.3 Å². The molecule has 1 aliphatic carbocycles. The first-order chi connectivity index (χ1) is 9.33. The highest BCUT2D eigenvalue weighted by Crippen LogP contribution is 2.39. The minimum Gasteiger partial charge on any atom is -0.314 e. The third kappa shape index (κ3) is 6.55. The summed E-state index contributed by atoms with van der Waals surface area (Å²) in [6.45, 7) is 11.7. The first kappa shape index (κ1) is 17.9. The minimum atomic E-state index is 0.498. The Bertz CT molecular complexity index is 255. The van der Waals surface area contributed by atoms with Gasteiger partial charge in [0.15, 0.2) is 0 Å². The Balaban J connectivity index is 2.53. The molecular weight excluding hydrogens is 246 g/mol. The fraction of sp³-hybridized carbons (Fsp3) is 1.00. The van der Waals surface area contributed by atoms with E-state index in [1.165, 1.54) is 45.3 Å². The van der Waals surface area contributed by atoms with Crippen LogP contribution >= 0.6 is 0 Å². The molecule has 0 saturated heterocycles. The quantitative estimate of drug-likeness (QED) is 0.739. The number of rotatable bonds is 8. The van der Waals surface area contributed by atoms with Crippen molar-refractivity contribution in [3.8, 4) is 0 Å². The third-order valence-electron chi connectivity index (χ3n) is 4.75. The highest BCUT2D eigenvalue weighted by molar-refractivity contribution is 4.89. The monoisotopic (exact) mass is 283 g/mol. The zero-order chi connectivity index (χ0) is 15.2. The largest absolute Gasteiger partial charge is 0.314 e. The smallest absolute Gasteiger partial charge is 0.0106 e. The van der Waals surface area contributed by atoms with Crippen LogP contribution in [0.15, 0.2) is 0 Å². The summed E-state index contributed by atoms with van der Waals surface area (Å²) >= 11 is 0. The molecule has 0 aromatic heterocycles. The number of hydrogen-bond acceptors (Lipinski definition) is 3. The van der Waals surface area contributed by atoms with Gasteiger partial charge >= 0.3 is 0 Å². The van der Waals surface area contributed by atoms with Gasteiger partial charge in [-0.2, -0.15) is 0 Å². The summed E-state index contributed by atoms with van der Waals surface area (Å²) in [5.41, 5.74) is 0.498. The van der Waals surface area contributed by atoms with E-state index in [1.807, 2.05) is 0 Å². The highest BCUT2D eigenvalue weighted by atomic mass is 15.2. The summed E-state index contributed by atoms with van der Waals surface area (Å²) in [4.78, 5) is 4.82. The molecule has 0 unspecified atom stereocenters. The first-order valence-electron chi connectivity index (χ1n) is 8.40. The molecule has 0 amide bonds. The van der Waals surface area contributed by atoms with E-state index in [0.29, 0.717) is 11.5 Å². The van der Waals surface area contributed by atoms with Crippen molar-refractivity contribution in [3.63, 3.8) is 0 Å². The topological polar surface area (TPSA) is 18.5 Å². The molecule has 0 aromatic carbocycles. The molecule has 0 aromatic rings. The molecule has 0 bridgehead atoms. The van der Waals surface area contributed by atoms with Crippen LogP contribution in [0.1, 0.15) is 46.5 Å². The highest BCUT2D eigenvalue weighted by Gasteiger charge is 2.34. The molecular formula is C17H37N3. The van der Waals surface area contributed by atoms with Crippen LogP contribution in [0.4, 0.5) is 0 Å². The van der Waals surface area contributed by atoms with Crippen LogP contribution in [0.3, 0.4) is 0 Å². The van der Waals surface area contributed by atoms with Crippen molar-refractivity contribution in [1.29, 1.82) is 0 Å². The third-order valence-corrected chi connectivity index (χ3v) is 4.75. The second kappa shape index (κ2) is 8.35.